The lowest BCUT2D eigenvalue weighted by molar-refractivity contribution is 0.0471. The largest absolute Gasteiger partial charge is 0.507 e. The number of ether oxygens (including phenoxy) is 1. The molecule has 0 aliphatic heterocycles. The van der Waals surface area contributed by atoms with E-state index in [4.69, 9.17) is 4.74 Å². The van der Waals surface area contributed by atoms with Crippen molar-refractivity contribution >= 4 is 5.97 Å². The molecule has 0 aliphatic carbocycles. The van der Waals surface area contributed by atoms with Crippen molar-refractivity contribution in [2.45, 2.75) is 59.0 Å². The van der Waals surface area contributed by atoms with Gasteiger partial charge in [0.15, 0.2) is 17.2 Å². The first kappa shape index (κ1) is 21.4. The van der Waals surface area contributed by atoms with E-state index in [1.54, 1.807) is 0 Å². The fourth-order valence-electron chi connectivity index (χ4n) is 2.88. The van der Waals surface area contributed by atoms with Crippen LogP contribution in [-0.2, 0) is 22.2 Å². The summed E-state index contributed by atoms with van der Waals surface area (Å²) in [6.07, 6.45) is 0. The molecule has 0 aromatic heterocycles. The van der Waals surface area contributed by atoms with Crippen LogP contribution in [0, 0.1) is 0 Å². The first-order chi connectivity index (χ1) is 12.7. The van der Waals surface area contributed by atoms with E-state index in [0.29, 0.717) is 5.56 Å². The first-order valence-corrected chi connectivity index (χ1v) is 9.00. The maximum Gasteiger partial charge on any atom is 0.338 e. The molecule has 0 spiro atoms. The van der Waals surface area contributed by atoms with E-state index in [2.05, 4.69) is 0 Å². The Bertz CT molecular complexity index is 842. The van der Waals surface area contributed by atoms with E-state index in [0.717, 1.165) is 23.3 Å². The number of carbonyl (C=O) groups excluding carboxylic acids is 1. The molecule has 0 unspecified atom stereocenters. The molecular formula is C22H28O6. The zero-order chi connectivity index (χ0) is 21.4. The molecule has 0 atom stereocenters. The van der Waals surface area contributed by atoms with Crippen LogP contribution in [0.5, 0.6) is 23.0 Å². The minimum absolute atomic E-state index is 0.0479. The van der Waals surface area contributed by atoms with Crippen molar-refractivity contribution in [3.8, 4) is 23.0 Å². The number of hydrogen-bond donors (Lipinski definition) is 4. The van der Waals surface area contributed by atoms with Gasteiger partial charge in [-0.15, -0.1) is 0 Å². The van der Waals surface area contributed by atoms with Gasteiger partial charge < -0.3 is 25.2 Å². The number of hydrogen-bond acceptors (Lipinski definition) is 6. The number of rotatable bonds is 3. The highest BCUT2D eigenvalue weighted by Crippen LogP contribution is 2.40. The van der Waals surface area contributed by atoms with E-state index < -0.39 is 23.2 Å². The normalized spacial score (nSPS) is 12.1. The molecule has 0 saturated carbocycles. The van der Waals surface area contributed by atoms with Gasteiger partial charge in [0, 0.05) is 0 Å². The van der Waals surface area contributed by atoms with Gasteiger partial charge in [0.1, 0.15) is 12.4 Å². The SMILES string of the molecule is CC(C)(C)c1cc(COC(=O)c2cc(O)c(O)c(O)c2)cc(C(C)(C)C)c1O. The van der Waals surface area contributed by atoms with E-state index in [1.165, 1.54) is 0 Å². The minimum Gasteiger partial charge on any atom is -0.507 e. The molecule has 0 saturated heterocycles. The highest BCUT2D eigenvalue weighted by molar-refractivity contribution is 5.91. The van der Waals surface area contributed by atoms with Crippen LogP contribution in [0.2, 0.25) is 0 Å². The summed E-state index contributed by atoms with van der Waals surface area (Å²) < 4.78 is 5.31. The summed E-state index contributed by atoms with van der Waals surface area (Å²) >= 11 is 0. The molecule has 0 heterocycles. The van der Waals surface area contributed by atoms with Gasteiger partial charge in [-0.1, -0.05) is 41.5 Å². The third kappa shape index (κ3) is 4.50. The van der Waals surface area contributed by atoms with Gasteiger partial charge in [-0.25, -0.2) is 4.79 Å². The molecule has 2 rings (SSSR count). The summed E-state index contributed by atoms with van der Waals surface area (Å²) in [5.74, 6) is -2.43. The smallest absolute Gasteiger partial charge is 0.338 e. The molecule has 0 bridgehead atoms. The Morgan fingerprint density at radius 2 is 1.21 bits per heavy atom. The van der Waals surface area contributed by atoms with Crippen molar-refractivity contribution in [1.82, 2.24) is 0 Å². The van der Waals surface area contributed by atoms with E-state index in [-0.39, 0.29) is 28.7 Å². The topological polar surface area (TPSA) is 107 Å². The first-order valence-electron chi connectivity index (χ1n) is 9.00. The lowest BCUT2D eigenvalue weighted by Gasteiger charge is -2.28. The number of carbonyl (C=O) groups is 1. The fraction of sp³-hybridized carbons (Fsp3) is 0.409. The number of phenols is 4. The highest BCUT2D eigenvalue weighted by Gasteiger charge is 2.27. The van der Waals surface area contributed by atoms with E-state index in [9.17, 15) is 25.2 Å². The Morgan fingerprint density at radius 1 is 0.786 bits per heavy atom. The zero-order valence-corrected chi connectivity index (χ0v) is 17.1. The Hall–Kier alpha value is -2.89. The van der Waals surface area contributed by atoms with Crippen molar-refractivity contribution < 1.29 is 30.0 Å². The molecule has 2 aromatic carbocycles. The van der Waals surface area contributed by atoms with Gasteiger partial charge >= 0.3 is 5.97 Å². The average Bonchev–Trinajstić information content (AvgIpc) is 2.55. The van der Waals surface area contributed by atoms with E-state index in [1.807, 2.05) is 53.7 Å². The molecule has 0 fully saturated rings. The number of phenolic OH excluding ortho intramolecular Hbond substituents is 4. The second-order valence-electron chi connectivity index (χ2n) is 8.98. The zero-order valence-electron chi connectivity index (χ0n) is 17.1. The third-order valence-electron chi connectivity index (χ3n) is 4.46. The fourth-order valence-corrected chi connectivity index (χ4v) is 2.88. The third-order valence-corrected chi connectivity index (χ3v) is 4.46. The van der Waals surface area contributed by atoms with Crippen LogP contribution in [0.15, 0.2) is 24.3 Å². The van der Waals surface area contributed by atoms with Crippen LogP contribution in [-0.4, -0.2) is 26.4 Å². The maximum absolute atomic E-state index is 12.3. The van der Waals surface area contributed by atoms with Gasteiger partial charge in [0.05, 0.1) is 5.56 Å². The van der Waals surface area contributed by atoms with Crippen molar-refractivity contribution in [3.05, 3.63) is 46.5 Å². The van der Waals surface area contributed by atoms with Gasteiger partial charge in [-0.2, -0.15) is 0 Å². The monoisotopic (exact) mass is 388 g/mol. The Morgan fingerprint density at radius 3 is 1.61 bits per heavy atom. The predicted molar refractivity (Wildman–Crippen MR) is 106 cm³/mol. The summed E-state index contributed by atoms with van der Waals surface area (Å²) in [7, 11) is 0. The van der Waals surface area contributed by atoms with Crippen LogP contribution in [0.4, 0.5) is 0 Å². The summed E-state index contributed by atoms with van der Waals surface area (Å²) in [5, 5.41) is 39.2. The Kier molecular flexibility index (Phi) is 5.55. The van der Waals surface area contributed by atoms with Crippen molar-refractivity contribution in [1.29, 1.82) is 0 Å². The average molecular weight is 388 g/mol. The van der Waals surface area contributed by atoms with Crippen molar-refractivity contribution in [3.63, 3.8) is 0 Å². The number of aromatic hydroxyl groups is 4. The summed E-state index contributed by atoms with van der Waals surface area (Å²) in [6, 6.07) is 5.66. The van der Waals surface area contributed by atoms with Gasteiger partial charge in [-0.3, -0.25) is 0 Å². The molecule has 6 nitrogen and oxygen atoms in total. The number of benzene rings is 2. The Balaban J connectivity index is 2.35. The van der Waals surface area contributed by atoms with Gasteiger partial charge in [0.2, 0.25) is 0 Å². The van der Waals surface area contributed by atoms with Crippen LogP contribution >= 0.6 is 0 Å². The lowest BCUT2D eigenvalue weighted by Crippen LogP contribution is -2.18. The summed E-state index contributed by atoms with van der Waals surface area (Å²) in [4.78, 5) is 12.3. The summed E-state index contributed by atoms with van der Waals surface area (Å²) in [6.45, 7) is 11.9. The molecule has 0 amide bonds. The molecule has 0 aliphatic rings. The molecule has 4 N–H and O–H groups in total. The maximum atomic E-state index is 12.3. The van der Waals surface area contributed by atoms with Crippen molar-refractivity contribution in [2.75, 3.05) is 0 Å². The quantitative estimate of drug-likeness (QED) is 0.457. The minimum atomic E-state index is -0.756. The highest BCUT2D eigenvalue weighted by atomic mass is 16.5. The standard InChI is InChI=1S/C22H28O6/c1-21(2,3)14-7-12(8-15(18(14)25)22(4,5)6)11-28-20(27)13-9-16(23)19(26)17(24)10-13/h7-10,23-26H,11H2,1-6H3. The summed E-state index contributed by atoms with van der Waals surface area (Å²) in [5.41, 5.74) is 1.53. The van der Waals surface area contributed by atoms with Gasteiger partial charge in [-0.05, 0) is 51.8 Å². The van der Waals surface area contributed by atoms with E-state index >= 15 is 0 Å². The molecular weight excluding hydrogens is 360 g/mol. The van der Waals surface area contributed by atoms with Crippen LogP contribution in [0.25, 0.3) is 0 Å². The van der Waals surface area contributed by atoms with Gasteiger partial charge in [0.25, 0.3) is 0 Å². The van der Waals surface area contributed by atoms with Crippen LogP contribution in [0.1, 0.15) is 68.6 Å². The molecule has 2 aromatic rings. The second kappa shape index (κ2) is 7.26. The van der Waals surface area contributed by atoms with Crippen molar-refractivity contribution in [2.24, 2.45) is 0 Å². The second-order valence-corrected chi connectivity index (χ2v) is 8.98. The molecule has 6 heteroatoms. The van der Waals surface area contributed by atoms with Crippen LogP contribution < -0.4 is 0 Å². The predicted octanol–water partition coefficient (Wildman–Crippen LogP) is 4.46. The molecule has 0 radical (unpaired) electrons. The molecule has 28 heavy (non-hydrogen) atoms. The molecule has 152 valence electrons. The Labute approximate surface area is 165 Å². The number of esters is 1. The van der Waals surface area contributed by atoms with Crippen LogP contribution in [0.3, 0.4) is 0 Å². The lowest BCUT2D eigenvalue weighted by atomic mass is 9.78.